The maximum absolute atomic E-state index is 12.1. The van der Waals surface area contributed by atoms with E-state index in [0.717, 1.165) is 63.5 Å². The lowest BCUT2D eigenvalue weighted by Crippen LogP contribution is -2.29. The molecule has 5 heteroatoms. The number of nitrogens with zero attached hydrogens (tertiary/aromatic N) is 3. The molecule has 2 aliphatic rings. The van der Waals surface area contributed by atoms with Crippen molar-refractivity contribution in [3.8, 4) is 0 Å². The van der Waals surface area contributed by atoms with E-state index in [-0.39, 0.29) is 0 Å². The number of rotatable bonds is 3. The molecule has 1 aromatic heterocycles. The summed E-state index contributed by atoms with van der Waals surface area (Å²) in [7, 11) is 0. The summed E-state index contributed by atoms with van der Waals surface area (Å²) in [6, 6.07) is 0. The van der Waals surface area contributed by atoms with Crippen LogP contribution in [0.2, 0.25) is 0 Å². The van der Waals surface area contributed by atoms with Crippen molar-refractivity contribution in [1.82, 2.24) is 19.8 Å². The van der Waals surface area contributed by atoms with Gasteiger partial charge in [-0.15, -0.1) is 0 Å². The van der Waals surface area contributed by atoms with E-state index in [1.165, 1.54) is 5.69 Å². The van der Waals surface area contributed by atoms with Crippen molar-refractivity contribution in [2.75, 3.05) is 19.6 Å². The molecular formula is C14H22N4O. The normalized spacial score (nSPS) is 18.7. The molecule has 104 valence electrons. The Hall–Kier alpha value is -1.36. The Bertz CT molecular complexity index is 474. The van der Waals surface area contributed by atoms with Crippen LogP contribution in [-0.2, 0) is 24.3 Å². The molecule has 0 atom stereocenters. The highest BCUT2D eigenvalue weighted by molar-refractivity contribution is 5.76. The Morgan fingerprint density at radius 3 is 2.95 bits per heavy atom. The maximum Gasteiger partial charge on any atom is 0.224 e. The van der Waals surface area contributed by atoms with E-state index in [2.05, 4.69) is 14.9 Å². The molecule has 3 heterocycles. The highest BCUT2D eigenvalue weighted by Crippen LogP contribution is 2.17. The lowest BCUT2D eigenvalue weighted by atomic mass is 10.2. The molecule has 5 nitrogen and oxygen atoms in total. The zero-order chi connectivity index (χ0) is 13.2. The summed E-state index contributed by atoms with van der Waals surface area (Å²) in [4.78, 5) is 18.7. The zero-order valence-electron chi connectivity index (χ0n) is 11.6. The molecule has 1 amide bonds. The number of likely N-dealkylation sites (tertiary alicyclic amines) is 1. The third-order valence-electron chi connectivity index (χ3n) is 4.19. The second kappa shape index (κ2) is 5.33. The third kappa shape index (κ3) is 2.52. The zero-order valence-corrected chi connectivity index (χ0v) is 11.6. The summed E-state index contributed by atoms with van der Waals surface area (Å²) >= 11 is 0. The minimum atomic E-state index is 0.299. The fourth-order valence-corrected chi connectivity index (χ4v) is 3.13. The number of nitrogens with one attached hydrogen (secondary N) is 1. The van der Waals surface area contributed by atoms with Crippen molar-refractivity contribution in [2.45, 2.75) is 45.7 Å². The van der Waals surface area contributed by atoms with Gasteiger partial charge in [0.1, 0.15) is 5.82 Å². The topological polar surface area (TPSA) is 50.2 Å². The van der Waals surface area contributed by atoms with Crippen LogP contribution in [0.4, 0.5) is 0 Å². The number of hydrogen-bond acceptors (Lipinski definition) is 3. The molecular weight excluding hydrogens is 240 g/mol. The fourth-order valence-electron chi connectivity index (χ4n) is 3.13. The summed E-state index contributed by atoms with van der Waals surface area (Å²) in [5.74, 6) is 1.34. The van der Waals surface area contributed by atoms with Crippen molar-refractivity contribution in [3.05, 3.63) is 17.2 Å². The molecule has 1 saturated heterocycles. The number of carbonyl (C=O) groups is 1. The van der Waals surface area contributed by atoms with Crippen LogP contribution in [0.5, 0.6) is 0 Å². The Balaban J connectivity index is 1.66. The first-order valence-electron chi connectivity index (χ1n) is 7.29. The average Bonchev–Trinajstić information content (AvgIpc) is 3.03. The Kier molecular flexibility index (Phi) is 3.55. The third-order valence-corrected chi connectivity index (χ3v) is 4.19. The average molecular weight is 262 g/mol. The van der Waals surface area contributed by atoms with E-state index in [4.69, 9.17) is 0 Å². The van der Waals surface area contributed by atoms with E-state index < -0.39 is 0 Å². The molecule has 1 N–H and O–H groups in total. The second-order valence-electron chi connectivity index (χ2n) is 5.47. The Labute approximate surface area is 114 Å². The number of imidazole rings is 1. The first-order valence-corrected chi connectivity index (χ1v) is 7.29. The van der Waals surface area contributed by atoms with Crippen LogP contribution in [0, 0.1) is 6.92 Å². The van der Waals surface area contributed by atoms with E-state index in [9.17, 15) is 4.79 Å². The van der Waals surface area contributed by atoms with Crippen molar-refractivity contribution in [2.24, 2.45) is 0 Å². The van der Waals surface area contributed by atoms with E-state index in [1.807, 2.05) is 11.8 Å². The predicted molar refractivity (Wildman–Crippen MR) is 72.8 cm³/mol. The summed E-state index contributed by atoms with van der Waals surface area (Å²) < 4.78 is 2.24. The molecule has 0 aliphatic carbocycles. The van der Waals surface area contributed by atoms with Crippen molar-refractivity contribution < 1.29 is 4.79 Å². The minimum absolute atomic E-state index is 0.299. The van der Waals surface area contributed by atoms with E-state index in [1.54, 1.807) is 0 Å². The molecule has 1 fully saturated rings. The largest absolute Gasteiger partial charge is 0.343 e. The predicted octanol–water partition coefficient (Wildman–Crippen LogP) is 0.850. The van der Waals surface area contributed by atoms with Gasteiger partial charge in [0.15, 0.2) is 0 Å². The number of aromatic nitrogens is 2. The number of fused-ring (bicyclic) bond motifs is 1. The lowest BCUT2D eigenvalue weighted by molar-refractivity contribution is -0.130. The molecule has 0 radical (unpaired) electrons. The maximum atomic E-state index is 12.1. The monoisotopic (exact) mass is 262 g/mol. The van der Waals surface area contributed by atoms with E-state index in [0.29, 0.717) is 12.3 Å². The summed E-state index contributed by atoms with van der Waals surface area (Å²) in [5, 5.41) is 3.34. The number of amides is 1. The molecule has 19 heavy (non-hydrogen) atoms. The summed E-state index contributed by atoms with van der Waals surface area (Å²) in [6.07, 6.45) is 3.96. The number of aryl methyl sites for hydroxylation is 1. The molecule has 0 spiro atoms. The van der Waals surface area contributed by atoms with Gasteiger partial charge in [0.25, 0.3) is 0 Å². The van der Waals surface area contributed by atoms with Gasteiger partial charge in [0.05, 0.1) is 5.69 Å². The lowest BCUT2D eigenvalue weighted by Gasteiger charge is -2.18. The van der Waals surface area contributed by atoms with Crippen LogP contribution in [0.3, 0.4) is 0 Å². The van der Waals surface area contributed by atoms with Crippen LogP contribution >= 0.6 is 0 Å². The van der Waals surface area contributed by atoms with Crippen LogP contribution in [0.25, 0.3) is 0 Å². The van der Waals surface area contributed by atoms with Gasteiger partial charge >= 0.3 is 0 Å². The van der Waals surface area contributed by atoms with Gasteiger partial charge in [0, 0.05) is 51.3 Å². The van der Waals surface area contributed by atoms with E-state index >= 15 is 0 Å². The minimum Gasteiger partial charge on any atom is -0.343 e. The number of hydrogen-bond donors (Lipinski definition) is 1. The first-order chi connectivity index (χ1) is 9.25. The first kappa shape index (κ1) is 12.7. The quantitative estimate of drug-likeness (QED) is 0.878. The molecule has 1 aromatic rings. The van der Waals surface area contributed by atoms with Gasteiger partial charge in [0.2, 0.25) is 5.91 Å². The molecule has 3 rings (SSSR count). The van der Waals surface area contributed by atoms with Crippen LogP contribution in [0.15, 0.2) is 0 Å². The highest BCUT2D eigenvalue weighted by atomic mass is 16.2. The Morgan fingerprint density at radius 1 is 1.37 bits per heavy atom. The van der Waals surface area contributed by atoms with Gasteiger partial charge < -0.3 is 14.8 Å². The molecule has 0 saturated carbocycles. The van der Waals surface area contributed by atoms with Crippen molar-refractivity contribution in [3.63, 3.8) is 0 Å². The van der Waals surface area contributed by atoms with Crippen LogP contribution in [0.1, 0.15) is 36.5 Å². The fraction of sp³-hybridized carbons (Fsp3) is 0.714. The SMILES string of the molecule is Cc1nc2c(n1CCC(=O)N1CCCC1)CCNC2. The van der Waals surface area contributed by atoms with Crippen LogP contribution < -0.4 is 5.32 Å². The number of carbonyl (C=O) groups excluding carboxylic acids is 1. The molecule has 0 aromatic carbocycles. The standard InChI is InChI=1S/C14H22N4O/c1-11-16-12-10-15-6-4-13(12)18(11)9-5-14(19)17-7-2-3-8-17/h15H,2-10H2,1H3. The smallest absolute Gasteiger partial charge is 0.224 e. The molecule has 0 bridgehead atoms. The second-order valence-corrected chi connectivity index (χ2v) is 5.47. The van der Waals surface area contributed by atoms with Gasteiger partial charge in [-0.3, -0.25) is 4.79 Å². The molecule has 2 aliphatic heterocycles. The molecule has 0 unspecified atom stereocenters. The summed E-state index contributed by atoms with van der Waals surface area (Å²) in [5.41, 5.74) is 2.49. The van der Waals surface area contributed by atoms with Gasteiger partial charge in [-0.1, -0.05) is 0 Å². The van der Waals surface area contributed by atoms with Crippen LogP contribution in [-0.4, -0.2) is 40.0 Å². The summed E-state index contributed by atoms with van der Waals surface area (Å²) in [6.45, 7) is 6.59. The van der Waals surface area contributed by atoms with Gasteiger partial charge in [-0.05, 0) is 19.8 Å². The van der Waals surface area contributed by atoms with Crippen molar-refractivity contribution >= 4 is 5.91 Å². The van der Waals surface area contributed by atoms with Gasteiger partial charge in [-0.25, -0.2) is 4.98 Å². The van der Waals surface area contributed by atoms with Gasteiger partial charge in [-0.2, -0.15) is 0 Å². The highest BCUT2D eigenvalue weighted by Gasteiger charge is 2.20. The van der Waals surface area contributed by atoms with Crippen molar-refractivity contribution in [1.29, 1.82) is 0 Å². The Morgan fingerprint density at radius 2 is 2.16 bits per heavy atom.